The fourth-order valence-corrected chi connectivity index (χ4v) is 4.38. The predicted molar refractivity (Wildman–Crippen MR) is 114 cm³/mol. The second-order valence-electron chi connectivity index (χ2n) is 7.84. The molecule has 0 N–H and O–H groups in total. The van der Waals surface area contributed by atoms with Crippen molar-refractivity contribution in [3.63, 3.8) is 0 Å². The first-order valence-corrected chi connectivity index (χ1v) is 9.43. The molecule has 142 valence electrons. The lowest BCUT2D eigenvalue weighted by Gasteiger charge is -2.39. The summed E-state index contributed by atoms with van der Waals surface area (Å²) in [6, 6.07) is 11.8. The number of hydrogen-bond acceptors (Lipinski definition) is 5. The zero-order chi connectivity index (χ0) is 22.1. The molecule has 5 nitrogen and oxygen atoms in total. The number of anilines is 3. The predicted octanol–water partition coefficient (Wildman–Crippen LogP) is 5.79. The normalized spacial score (nSPS) is 19.0. The van der Waals surface area contributed by atoms with Crippen LogP contribution in [0.1, 0.15) is 37.3 Å². The van der Waals surface area contributed by atoms with E-state index in [0.717, 1.165) is 39.1 Å². The van der Waals surface area contributed by atoms with Crippen molar-refractivity contribution in [3.05, 3.63) is 54.4 Å². The van der Waals surface area contributed by atoms with Crippen LogP contribution in [0.2, 0.25) is 0 Å². The minimum absolute atomic E-state index is 0.286. The third-order valence-electron chi connectivity index (χ3n) is 5.44. The number of aromatic nitrogens is 2. The molecule has 5 heteroatoms. The number of furan rings is 1. The van der Waals surface area contributed by atoms with Crippen LogP contribution in [0.4, 0.5) is 17.2 Å². The molecule has 1 aliphatic heterocycles. The second-order valence-corrected chi connectivity index (χ2v) is 7.84. The van der Waals surface area contributed by atoms with Crippen molar-refractivity contribution < 1.29 is 8.53 Å². The number of pyridine rings is 2. The molecule has 3 aromatic heterocycles. The molecule has 1 unspecified atom stereocenters. The van der Waals surface area contributed by atoms with Gasteiger partial charge in [-0.05, 0) is 64.4 Å². The van der Waals surface area contributed by atoms with Crippen LogP contribution in [0.3, 0.4) is 0 Å². The number of fused-ring (bicyclic) bond motifs is 4. The van der Waals surface area contributed by atoms with Gasteiger partial charge in [0.15, 0.2) is 11.4 Å². The molecule has 0 saturated carbocycles. The molecule has 4 aromatic rings. The van der Waals surface area contributed by atoms with E-state index in [2.05, 4.69) is 20.9 Å². The largest absolute Gasteiger partial charge is 0.435 e. The second kappa shape index (κ2) is 5.71. The van der Waals surface area contributed by atoms with Gasteiger partial charge in [-0.15, -0.1) is 0 Å². The third-order valence-corrected chi connectivity index (χ3v) is 5.44. The zero-order valence-corrected chi connectivity index (χ0v) is 16.4. The molecule has 0 saturated heterocycles. The van der Waals surface area contributed by atoms with E-state index in [1.54, 1.807) is 26.2 Å². The first kappa shape index (κ1) is 14.0. The van der Waals surface area contributed by atoms with E-state index in [1.807, 2.05) is 49.1 Å². The molecule has 1 aliphatic rings. The summed E-state index contributed by atoms with van der Waals surface area (Å²) < 4.78 is 30.7. The van der Waals surface area contributed by atoms with Crippen LogP contribution < -0.4 is 9.80 Å². The Morgan fingerprint density at radius 2 is 1.86 bits per heavy atom. The van der Waals surface area contributed by atoms with E-state index in [0.29, 0.717) is 5.71 Å². The maximum atomic E-state index is 8.17. The Morgan fingerprint density at radius 3 is 2.68 bits per heavy atom. The van der Waals surface area contributed by atoms with Crippen LogP contribution in [0.25, 0.3) is 22.1 Å². The van der Waals surface area contributed by atoms with Gasteiger partial charge in [-0.1, -0.05) is 12.1 Å². The van der Waals surface area contributed by atoms with Gasteiger partial charge in [-0.3, -0.25) is 0 Å². The smallest absolute Gasteiger partial charge is 0.227 e. The fourth-order valence-electron chi connectivity index (χ4n) is 4.38. The van der Waals surface area contributed by atoms with E-state index in [1.165, 1.54) is 0 Å². The van der Waals surface area contributed by atoms with Crippen LogP contribution in [0, 0.1) is 6.92 Å². The SMILES string of the molecule is [2H]C([2H])([2H])C(C)(C)N1c2cccnc2N(c2c(C)ccc3c2oc2ncccc23)C1C. The summed E-state index contributed by atoms with van der Waals surface area (Å²) in [6.07, 6.45) is 3.17. The molecular weight excluding hydrogens is 348 g/mol. The summed E-state index contributed by atoms with van der Waals surface area (Å²) in [5.41, 5.74) is 2.90. The number of aryl methyl sites for hydroxylation is 1. The van der Waals surface area contributed by atoms with Gasteiger partial charge in [0, 0.05) is 32.8 Å². The summed E-state index contributed by atoms with van der Waals surface area (Å²) in [5, 5.41) is 1.92. The van der Waals surface area contributed by atoms with Gasteiger partial charge in [0.1, 0.15) is 6.17 Å². The van der Waals surface area contributed by atoms with Gasteiger partial charge in [0.05, 0.1) is 11.4 Å². The third kappa shape index (κ3) is 2.25. The molecule has 0 bridgehead atoms. The van der Waals surface area contributed by atoms with Crippen molar-refractivity contribution in [2.75, 3.05) is 9.80 Å². The summed E-state index contributed by atoms with van der Waals surface area (Å²) in [6.45, 7) is 5.37. The summed E-state index contributed by atoms with van der Waals surface area (Å²) in [4.78, 5) is 13.1. The van der Waals surface area contributed by atoms with E-state index >= 15 is 0 Å². The van der Waals surface area contributed by atoms with Crippen LogP contribution >= 0.6 is 0 Å². The van der Waals surface area contributed by atoms with Crippen LogP contribution in [-0.4, -0.2) is 21.7 Å². The molecule has 5 rings (SSSR count). The molecular formula is C23H24N4O. The molecule has 1 aromatic carbocycles. The lowest BCUT2D eigenvalue weighted by Crippen LogP contribution is -2.49. The maximum absolute atomic E-state index is 8.17. The highest BCUT2D eigenvalue weighted by atomic mass is 16.3. The molecule has 0 aliphatic carbocycles. The van der Waals surface area contributed by atoms with Gasteiger partial charge < -0.3 is 14.2 Å². The average Bonchev–Trinajstić information content (AvgIpc) is 3.22. The molecule has 4 heterocycles. The number of rotatable bonds is 1. The molecule has 0 radical (unpaired) electrons. The minimum atomic E-state index is -2.19. The Labute approximate surface area is 168 Å². The molecule has 0 spiro atoms. The topological polar surface area (TPSA) is 45.4 Å². The molecule has 0 fully saturated rings. The quantitative estimate of drug-likeness (QED) is 0.421. The van der Waals surface area contributed by atoms with Crippen LogP contribution in [-0.2, 0) is 0 Å². The average molecular weight is 375 g/mol. The molecule has 1 atom stereocenters. The van der Waals surface area contributed by atoms with E-state index in [-0.39, 0.29) is 6.17 Å². The Kier molecular flexibility index (Phi) is 2.85. The Balaban J connectivity index is 1.79. The Morgan fingerprint density at radius 1 is 1.07 bits per heavy atom. The van der Waals surface area contributed by atoms with Gasteiger partial charge in [-0.25, -0.2) is 9.97 Å². The first-order chi connectivity index (χ1) is 14.6. The number of hydrogen-bond donors (Lipinski definition) is 0. The van der Waals surface area contributed by atoms with Crippen LogP contribution in [0.5, 0.6) is 0 Å². The van der Waals surface area contributed by atoms with Crippen molar-refractivity contribution in [3.8, 4) is 0 Å². The lowest BCUT2D eigenvalue weighted by atomic mass is 10.0. The van der Waals surface area contributed by atoms with Gasteiger partial charge in [0.25, 0.3) is 0 Å². The highest BCUT2D eigenvalue weighted by Crippen LogP contribution is 2.49. The monoisotopic (exact) mass is 375 g/mol. The summed E-state index contributed by atoms with van der Waals surface area (Å²) in [5.74, 6) is 0.719. The number of benzene rings is 1. The standard InChI is InChI=1S/C23H24N4O/c1-14-10-11-16-17-8-6-13-25-22(17)28-20(16)19(14)26-15(2)27(23(3,4)5)18-9-7-12-24-21(18)26/h6-13,15H,1-5H3/i3D3. The van der Waals surface area contributed by atoms with Gasteiger partial charge >= 0.3 is 0 Å². The van der Waals surface area contributed by atoms with Gasteiger partial charge in [0.2, 0.25) is 5.71 Å². The highest BCUT2D eigenvalue weighted by Gasteiger charge is 2.41. The van der Waals surface area contributed by atoms with Crippen LogP contribution in [0.15, 0.2) is 53.2 Å². The summed E-state index contributed by atoms with van der Waals surface area (Å²) >= 11 is 0. The van der Waals surface area contributed by atoms with E-state index < -0.39 is 12.4 Å². The van der Waals surface area contributed by atoms with Gasteiger partial charge in [-0.2, -0.15) is 0 Å². The molecule has 0 amide bonds. The number of nitrogens with zero attached hydrogens (tertiary/aromatic N) is 4. The zero-order valence-electron chi connectivity index (χ0n) is 19.4. The Hall–Kier alpha value is -3.08. The van der Waals surface area contributed by atoms with E-state index in [4.69, 9.17) is 8.53 Å². The van der Waals surface area contributed by atoms with Crippen molar-refractivity contribution in [1.29, 1.82) is 0 Å². The van der Waals surface area contributed by atoms with E-state index in [9.17, 15) is 0 Å². The van der Waals surface area contributed by atoms with Crippen molar-refractivity contribution in [1.82, 2.24) is 9.97 Å². The fraction of sp³-hybridized carbons (Fsp3) is 0.304. The van der Waals surface area contributed by atoms with Crippen molar-refractivity contribution >= 4 is 39.3 Å². The minimum Gasteiger partial charge on any atom is -0.435 e. The van der Waals surface area contributed by atoms with Crippen molar-refractivity contribution in [2.45, 2.75) is 46.3 Å². The maximum Gasteiger partial charge on any atom is 0.227 e. The summed E-state index contributed by atoms with van der Waals surface area (Å²) in [7, 11) is 0. The Bertz CT molecular complexity index is 1310. The molecule has 28 heavy (non-hydrogen) atoms. The lowest BCUT2D eigenvalue weighted by molar-refractivity contribution is 0.468. The highest BCUT2D eigenvalue weighted by molar-refractivity contribution is 6.09. The first-order valence-electron chi connectivity index (χ1n) is 10.9. The van der Waals surface area contributed by atoms with Crippen molar-refractivity contribution in [2.24, 2.45) is 0 Å².